The molecule has 0 spiro atoms. The number of likely N-dealkylation sites (N-methyl/N-ethyl adjacent to an activating group) is 1. The highest BCUT2D eigenvalue weighted by atomic mass is 16.3. The van der Waals surface area contributed by atoms with E-state index >= 15 is 0 Å². The first kappa shape index (κ1) is 12.0. The summed E-state index contributed by atoms with van der Waals surface area (Å²) >= 11 is 0. The van der Waals surface area contributed by atoms with E-state index in [1.165, 1.54) is 0 Å². The molecule has 1 aromatic heterocycles. The number of aliphatic hydroxyl groups excluding tert-OH is 1. The van der Waals surface area contributed by atoms with E-state index in [9.17, 15) is 4.79 Å². The van der Waals surface area contributed by atoms with Crippen LogP contribution in [0.15, 0.2) is 12.3 Å². The van der Waals surface area contributed by atoms with Gasteiger partial charge in [-0.25, -0.2) is 0 Å². The molecule has 0 saturated heterocycles. The first-order chi connectivity index (χ1) is 8.04. The molecule has 1 atom stereocenters. The van der Waals surface area contributed by atoms with Crippen molar-refractivity contribution in [2.75, 3.05) is 19.4 Å². The zero-order valence-corrected chi connectivity index (χ0v) is 10.3. The van der Waals surface area contributed by atoms with Gasteiger partial charge in [-0.2, -0.15) is 0 Å². The van der Waals surface area contributed by atoms with Gasteiger partial charge < -0.3 is 20.3 Å². The normalized spacial score (nSPS) is 16.9. The van der Waals surface area contributed by atoms with Crippen molar-refractivity contribution < 1.29 is 9.90 Å². The molecule has 1 aliphatic rings. The van der Waals surface area contributed by atoms with Gasteiger partial charge in [0.25, 0.3) is 5.91 Å². The lowest BCUT2D eigenvalue weighted by atomic mass is 10.2. The van der Waals surface area contributed by atoms with Crippen LogP contribution in [0.2, 0.25) is 0 Å². The lowest BCUT2D eigenvalue weighted by Crippen LogP contribution is -2.38. The molecule has 17 heavy (non-hydrogen) atoms. The predicted molar refractivity (Wildman–Crippen MR) is 65.8 cm³/mol. The zero-order valence-electron chi connectivity index (χ0n) is 10.3. The number of anilines is 1. The monoisotopic (exact) mass is 237 g/mol. The van der Waals surface area contributed by atoms with E-state index in [-0.39, 0.29) is 18.6 Å². The van der Waals surface area contributed by atoms with Crippen LogP contribution in [0, 0.1) is 0 Å². The number of carbonyl (C=O) groups is 1. The fraction of sp³-hybridized carbons (Fsp3) is 0.583. The molecule has 2 rings (SSSR count). The number of amides is 1. The van der Waals surface area contributed by atoms with Crippen molar-refractivity contribution in [3.8, 4) is 0 Å². The maximum Gasteiger partial charge on any atom is 0.270 e. The maximum atomic E-state index is 12.2. The molecular formula is C12H19N3O2. The van der Waals surface area contributed by atoms with Gasteiger partial charge in [-0.05, 0) is 25.8 Å². The van der Waals surface area contributed by atoms with Crippen molar-refractivity contribution >= 4 is 11.6 Å². The summed E-state index contributed by atoms with van der Waals surface area (Å²) in [6.45, 7) is 1.77. The first-order valence-electron chi connectivity index (χ1n) is 5.90. The van der Waals surface area contributed by atoms with Crippen molar-refractivity contribution in [1.82, 2.24) is 9.47 Å². The molecule has 0 aromatic carbocycles. The second kappa shape index (κ2) is 4.41. The summed E-state index contributed by atoms with van der Waals surface area (Å²) < 4.78 is 1.96. The largest absolute Gasteiger partial charge is 0.397 e. The van der Waals surface area contributed by atoms with E-state index in [1.807, 2.05) is 17.7 Å². The predicted octanol–water partition coefficient (Wildman–Crippen LogP) is 0.858. The number of hydrogen-bond donors (Lipinski definition) is 2. The number of aliphatic hydroxyl groups is 1. The van der Waals surface area contributed by atoms with E-state index in [0.29, 0.717) is 17.4 Å². The van der Waals surface area contributed by atoms with Crippen molar-refractivity contribution in [3.05, 3.63) is 18.0 Å². The van der Waals surface area contributed by atoms with Crippen LogP contribution >= 0.6 is 0 Å². The van der Waals surface area contributed by atoms with E-state index < -0.39 is 0 Å². The molecule has 94 valence electrons. The van der Waals surface area contributed by atoms with E-state index in [0.717, 1.165) is 12.8 Å². The summed E-state index contributed by atoms with van der Waals surface area (Å²) in [4.78, 5) is 13.8. The number of nitrogen functional groups attached to an aromatic ring is 1. The number of hydrogen-bond acceptors (Lipinski definition) is 3. The van der Waals surface area contributed by atoms with E-state index in [4.69, 9.17) is 10.8 Å². The Bertz CT molecular complexity index is 423. The Labute approximate surface area is 101 Å². The number of rotatable bonds is 4. The minimum Gasteiger partial charge on any atom is -0.397 e. The summed E-state index contributed by atoms with van der Waals surface area (Å²) in [5.41, 5.74) is 6.98. The fourth-order valence-corrected chi connectivity index (χ4v) is 1.83. The standard InChI is InChI=1S/C12H19N3O2/c1-8(7-16)14(2)12(17)11-5-9(13)6-15(11)10-3-4-10/h5-6,8,10,16H,3-4,7,13H2,1-2H3. The highest BCUT2D eigenvalue weighted by Crippen LogP contribution is 2.37. The van der Waals surface area contributed by atoms with Gasteiger partial charge in [0.05, 0.1) is 18.3 Å². The summed E-state index contributed by atoms with van der Waals surface area (Å²) in [5.74, 6) is -0.0878. The Morgan fingerprint density at radius 3 is 2.88 bits per heavy atom. The average molecular weight is 237 g/mol. The molecule has 5 nitrogen and oxygen atoms in total. The van der Waals surface area contributed by atoms with Gasteiger partial charge in [-0.1, -0.05) is 0 Å². The number of aromatic nitrogens is 1. The van der Waals surface area contributed by atoms with Gasteiger partial charge in [0.15, 0.2) is 0 Å². The number of nitrogens with two attached hydrogens (primary N) is 1. The Morgan fingerprint density at radius 1 is 1.71 bits per heavy atom. The zero-order chi connectivity index (χ0) is 12.6. The van der Waals surface area contributed by atoms with E-state index in [1.54, 1.807) is 18.0 Å². The van der Waals surface area contributed by atoms with Crippen molar-refractivity contribution in [3.63, 3.8) is 0 Å². The fourth-order valence-electron chi connectivity index (χ4n) is 1.83. The van der Waals surface area contributed by atoms with Crippen LogP contribution < -0.4 is 5.73 Å². The molecule has 3 N–H and O–H groups in total. The second-order valence-corrected chi connectivity index (χ2v) is 4.74. The Balaban J connectivity index is 2.23. The highest BCUT2D eigenvalue weighted by molar-refractivity contribution is 5.94. The SMILES string of the molecule is CC(CO)N(C)C(=O)c1cc(N)cn1C1CC1. The topological polar surface area (TPSA) is 71.5 Å². The molecule has 1 heterocycles. The Kier molecular flexibility index (Phi) is 3.11. The van der Waals surface area contributed by atoms with E-state index in [2.05, 4.69) is 0 Å². The minimum absolute atomic E-state index is 0.0398. The van der Waals surface area contributed by atoms with Crippen molar-refractivity contribution in [2.45, 2.75) is 31.8 Å². The van der Waals surface area contributed by atoms with Crippen molar-refractivity contribution in [2.24, 2.45) is 0 Å². The summed E-state index contributed by atoms with van der Waals surface area (Å²) in [6.07, 6.45) is 4.03. The number of carbonyl (C=O) groups excluding carboxylic acids is 1. The van der Waals surface area contributed by atoms with Gasteiger partial charge in [-0.3, -0.25) is 4.79 Å². The van der Waals surface area contributed by atoms with Crippen LogP contribution in [0.25, 0.3) is 0 Å². The van der Waals surface area contributed by atoms with Gasteiger partial charge in [0, 0.05) is 19.3 Å². The Morgan fingerprint density at radius 2 is 2.35 bits per heavy atom. The molecule has 1 aliphatic carbocycles. The molecule has 1 unspecified atom stereocenters. The molecule has 0 bridgehead atoms. The Hall–Kier alpha value is -1.49. The van der Waals surface area contributed by atoms with Crippen LogP contribution in [0.1, 0.15) is 36.3 Å². The quantitative estimate of drug-likeness (QED) is 0.815. The first-order valence-corrected chi connectivity index (χ1v) is 5.90. The molecule has 1 fully saturated rings. The average Bonchev–Trinajstić information content (AvgIpc) is 3.09. The third kappa shape index (κ3) is 2.29. The van der Waals surface area contributed by atoms with Gasteiger partial charge in [0.2, 0.25) is 0 Å². The van der Waals surface area contributed by atoms with Crippen LogP contribution in [0.3, 0.4) is 0 Å². The lowest BCUT2D eigenvalue weighted by Gasteiger charge is -2.23. The third-order valence-electron chi connectivity index (χ3n) is 3.27. The van der Waals surface area contributed by atoms with Crippen molar-refractivity contribution in [1.29, 1.82) is 0 Å². The van der Waals surface area contributed by atoms with Gasteiger partial charge >= 0.3 is 0 Å². The van der Waals surface area contributed by atoms with Crippen LogP contribution in [0.5, 0.6) is 0 Å². The molecular weight excluding hydrogens is 218 g/mol. The minimum atomic E-state index is -0.189. The van der Waals surface area contributed by atoms with Crippen LogP contribution in [-0.4, -0.2) is 40.2 Å². The second-order valence-electron chi connectivity index (χ2n) is 4.74. The molecule has 1 amide bonds. The van der Waals surface area contributed by atoms with Crippen LogP contribution in [0.4, 0.5) is 5.69 Å². The van der Waals surface area contributed by atoms with Gasteiger partial charge in [-0.15, -0.1) is 0 Å². The summed E-state index contributed by atoms with van der Waals surface area (Å²) in [6, 6.07) is 1.94. The molecule has 0 radical (unpaired) electrons. The van der Waals surface area contributed by atoms with Gasteiger partial charge in [0.1, 0.15) is 5.69 Å². The third-order valence-corrected chi connectivity index (χ3v) is 3.27. The molecule has 1 saturated carbocycles. The summed E-state index contributed by atoms with van der Waals surface area (Å²) in [5, 5.41) is 9.07. The lowest BCUT2D eigenvalue weighted by molar-refractivity contribution is 0.0671. The molecule has 0 aliphatic heterocycles. The maximum absolute atomic E-state index is 12.2. The smallest absolute Gasteiger partial charge is 0.270 e. The molecule has 1 aromatic rings. The molecule has 5 heteroatoms. The highest BCUT2D eigenvalue weighted by Gasteiger charge is 2.29. The summed E-state index contributed by atoms with van der Waals surface area (Å²) in [7, 11) is 1.70. The van der Waals surface area contributed by atoms with Crippen LogP contribution in [-0.2, 0) is 0 Å². The number of nitrogens with zero attached hydrogens (tertiary/aromatic N) is 2.